The van der Waals surface area contributed by atoms with Gasteiger partial charge in [-0.2, -0.15) is 0 Å². The molecule has 32 heavy (non-hydrogen) atoms. The minimum Gasteiger partial charge on any atom is -0.353 e. The molecule has 9 heteroatoms. The van der Waals surface area contributed by atoms with Crippen LogP contribution in [0.25, 0.3) is 17.0 Å². The number of hydrogen-bond donors (Lipinski definition) is 3. The van der Waals surface area contributed by atoms with Crippen LogP contribution in [0.4, 0.5) is 21.7 Å². The molecule has 8 nitrogen and oxygen atoms in total. The number of anilines is 3. The Balaban J connectivity index is 1.44. The van der Waals surface area contributed by atoms with Crippen LogP contribution in [0.15, 0.2) is 49.2 Å². The summed E-state index contributed by atoms with van der Waals surface area (Å²) in [4.78, 5) is 17.7. The number of hydrogen-bond acceptors (Lipinski definition) is 7. The fraction of sp³-hybridized carbons (Fsp3) is 0.304. The first-order chi connectivity index (χ1) is 15.5. The Morgan fingerprint density at radius 3 is 2.69 bits per heavy atom. The van der Waals surface area contributed by atoms with E-state index in [2.05, 4.69) is 25.6 Å². The molecule has 0 radical (unpaired) electrons. The van der Waals surface area contributed by atoms with Crippen molar-refractivity contribution in [2.75, 3.05) is 10.6 Å². The highest BCUT2D eigenvalue weighted by Crippen LogP contribution is 2.27. The van der Waals surface area contributed by atoms with Gasteiger partial charge in [0.15, 0.2) is 0 Å². The van der Waals surface area contributed by atoms with Crippen LogP contribution in [0.3, 0.4) is 0 Å². The monoisotopic (exact) mass is 432 g/mol. The molecule has 0 unspecified atom stereocenters. The molecule has 4 N–H and O–H groups in total. The lowest BCUT2D eigenvalue weighted by Gasteiger charge is -2.26. The van der Waals surface area contributed by atoms with Crippen molar-refractivity contribution >= 4 is 23.0 Å². The summed E-state index contributed by atoms with van der Waals surface area (Å²) in [5, 5.41) is 6.65. The Labute approximate surface area is 185 Å². The zero-order valence-electron chi connectivity index (χ0n) is 17.8. The summed E-state index contributed by atoms with van der Waals surface area (Å²) in [6.07, 6.45) is 12.4. The predicted molar refractivity (Wildman–Crippen MR) is 122 cm³/mol. The zero-order chi connectivity index (χ0) is 22.1. The van der Waals surface area contributed by atoms with Gasteiger partial charge >= 0.3 is 0 Å². The highest BCUT2D eigenvalue weighted by molar-refractivity contribution is 5.67. The first kappa shape index (κ1) is 20.3. The Kier molecular flexibility index (Phi) is 5.40. The van der Waals surface area contributed by atoms with Crippen LogP contribution in [0.5, 0.6) is 0 Å². The standard InChI is InChI=1S/C23H25FN8/c1-14-9-28-23(30-17-4-2-16(25)3-5-17)31-22(14)20-12-27-21-7-6-18(13-32(20)21)29-19-8-15(24)10-26-11-19/h6-13,16-17,29H,2-5,25H2,1H3,(H,28,30,31). The van der Waals surface area contributed by atoms with Crippen molar-refractivity contribution in [1.82, 2.24) is 24.3 Å². The predicted octanol–water partition coefficient (Wildman–Crippen LogP) is 4.06. The van der Waals surface area contributed by atoms with Crippen LogP contribution >= 0.6 is 0 Å². The molecule has 0 saturated heterocycles. The van der Waals surface area contributed by atoms with Crippen molar-refractivity contribution < 1.29 is 4.39 Å². The van der Waals surface area contributed by atoms with Crippen LogP contribution in [0.1, 0.15) is 31.2 Å². The normalized spacial score (nSPS) is 18.6. The highest BCUT2D eigenvalue weighted by Gasteiger charge is 2.20. The molecule has 0 atom stereocenters. The number of fused-ring (bicyclic) bond motifs is 1. The molecule has 1 aliphatic rings. The van der Waals surface area contributed by atoms with E-state index in [1.165, 1.54) is 12.3 Å². The molecule has 0 amide bonds. The van der Waals surface area contributed by atoms with Crippen LogP contribution in [-0.4, -0.2) is 36.4 Å². The number of rotatable bonds is 5. The minimum atomic E-state index is -0.393. The molecule has 1 saturated carbocycles. The van der Waals surface area contributed by atoms with Gasteiger partial charge in [-0.1, -0.05) is 0 Å². The second-order valence-corrected chi connectivity index (χ2v) is 8.29. The number of aryl methyl sites for hydroxylation is 1. The summed E-state index contributed by atoms with van der Waals surface area (Å²) < 4.78 is 15.5. The molecule has 1 aliphatic carbocycles. The average Bonchev–Trinajstić information content (AvgIpc) is 3.20. The molecular formula is C23H25FN8. The number of nitrogens with one attached hydrogen (secondary N) is 2. The summed E-state index contributed by atoms with van der Waals surface area (Å²) in [6.45, 7) is 1.98. The van der Waals surface area contributed by atoms with Crippen molar-refractivity contribution in [3.05, 3.63) is 60.6 Å². The Morgan fingerprint density at radius 2 is 1.88 bits per heavy atom. The molecule has 5 rings (SSSR count). The van der Waals surface area contributed by atoms with Crippen molar-refractivity contribution in [3.63, 3.8) is 0 Å². The van der Waals surface area contributed by atoms with Gasteiger partial charge in [-0.25, -0.2) is 19.3 Å². The van der Waals surface area contributed by atoms with Crippen LogP contribution in [0.2, 0.25) is 0 Å². The maximum absolute atomic E-state index is 13.5. The number of aromatic nitrogens is 5. The van der Waals surface area contributed by atoms with Crippen LogP contribution < -0.4 is 16.4 Å². The third-order valence-electron chi connectivity index (χ3n) is 5.82. The van der Waals surface area contributed by atoms with Gasteiger partial charge in [-0.05, 0) is 50.3 Å². The third-order valence-corrected chi connectivity index (χ3v) is 5.82. The van der Waals surface area contributed by atoms with Crippen LogP contribution in [0, 0.1) is 12.7 Å². The molecule has 4 heterocycles. The number of pyridine rings is 2. The Morgan fingerprint density at radius 1 is 1.03 bits per heavy atom. The maximum Gasteiger partial charge on any atom is 0.223 e. The number of nitrogens with two attached hydrogens (primary N) is 1. The topological polar surface area (TPSA) is 106 Å². The minimum absolute atomic E-state index is 0.298. The molecule has 164 valence electrons. The molecule has 0 bridgehead atoms. The second-order valence-electron chi connectivity index (χ2n) is 8.29. The molecular weight excluding hydrogens is 407 g/mol. The van der Waals surface area contributed by atoms with Crippen LogP contribution in [-0.2, 0) is 0 Å². The van der Waals surface area contributed by atoms with E-state index in [1.807, 2.05) is 42.0 Å². The summed E-state index contributed by atoms with van der Waals surface area (Å²) in [7, 11) is 0. The quantitative estimate of drug-likeness (QED) is 0.437. The van der Waals surface area contributed by atoms with E-state index in [9.17, 15) is 4.39 Å². The van der Waals surface area contributed by atoms with Gasteiger partial charge in [0.25, 0.3) is 0 Å². The smallest absolute Gasteiger partial charge is 0.223 e. The van der Waals surface area contributed by atoms with Gasteiger partial charge < -0.3 is 16.4 Å². The fourth-order valence-electron chi connectivity index (χ4n) is 4.09. The highest BCUT2D eigenvalue weighted by atomic mass is 19.1. The summed E-state index contributed by atoms with van der Waals surface area (Å²) >= 11 is 0. The van der Waals surface area contributed by atoms with E-state index in [0.717, 1.165) is 54.0 Å². The summed E-state index contributed by atoms with van der Waals surface area (Å²) in [5.74, 6) is 0.220. The summed E-state index contributed by atoms with van der Waals surface area (Å²) in [5.41, 5.74) is 10.8. The van der Waals surface area contributed by atoms with Gasteiger partial charge in [-0.3, -0.25) is 9.38 Å². The van der Waals surface area contributed by atoms with Crippen molar-refractivity contribution in [2.24, 2.45) is 5.73 Å². The maximum atomic E-state index is 13.5. The average molecular weight is 433 g/mol. The first-order valence-electron chi connectivity index (χ1n) is 10.8. The van der Waals surface area contributed by atoms with E-state index >= 15 is 0 Å². The summed E-state index contributed by atoms with van der Waals surface area (Å²) in [6, 6.07) is 5.83. The van der Waals surface area contributed by atoms with Crippen molar-refractivity contribution in [1.29, 1.82) is 0 Å². The lowest BCUT2D eigenvalue weighted by Crippen LogP contribution is -2.33. The lowest BCUT2D eigenvalue weighted by atomic mass is 9.92. The lowest BCUT2D eigenvalue weighted by molar-refractivity contribution is 0.410. The SMILES string of the molecule is Cc1cnc(NC2CCC(N)CC2)nc1-c1cnc2ccc(Nc3cncc(F)c3)cn12. The van der Waals surface area contributed by atoms with E-state index in [4.69, 9.17) is 10.7 Å². The van der Waals surface area contributed by atoms with E-state index < -0.39 is 5.82 Å². The molecule has 4 aromatic heterocycles. The van der Waals surface area contributed by atoms with Crippen molar-refractivity contribution in [3.8, 4) is 11.4 Å². The van der Waals surface area contributed by atoms with E-state index in [-0.39, 0.29) is 0 Å². The molecule has 1 fully saturated rings. The van der Waals surface area contributed by atoms with Gasteiger partial charge in [-0.15, -0.1) is 0 Å². The Hall–Kier alpha value is -3.59. The molecule has 0 aromatic carbocycles. The van der Waals surface area contributed by atoms with Gasteiger partial charge in [0.05, 0.1) is 41.4 Å². The van der Waals surface area contributed by atoms with E-state index in [1.54, 1.807) is 6.20 Å². The Bertz CT molecular complexity index is 1250. The van der Waals surface area contributed by atoms with Gasteiger partial charge in [0.2, 0.25) is 5.95 Å². The molecule has 0 spiro atoms. The van der Waals surface area contributed by atoms with Gasteiger partial charge in [0, 0.05) is 30.5 Å². The third kappa shape index (κ3) is 4.24. The molecule has 0 aliphatic heterocycles. The first-order valence-corrected chi connectivity index (χ1v) is 10.8. The number of nitrogens with zero attached hydrogens (tertiary/aromatic N) is 5. The van der Waals surface area contributed by atoms with Crippen molar-refractivity contribution in [2.45, 2.75) is 44.7 Å². The zero-order valence-corrected chi connectivity index (χ0v) is 17.8. The second kappa shape index (κ2) is 8.51. The fourth-order valence-corrected chi connectivity index (χ4v) is 4.09. The van der Waals surface area contributed by atoms with Gasteiger partial charge in [0.1, 0.15) is 11.5 Å². The van der Waals surface area contributed by atoms with E-state index in [0.29, 0.717) is 23.7 Å². The number of halogens is 1. The molecule has 4 aromatic rings. The number of imidazole rings is 1. The largest absolute Gasteiger partial charge is 0.353 e.